The van der Waals surface area contributed by atoms with Gasteiger partial charge in [0.25, 0.3) is 0 Å². The summed E-state index contributed by atoms with van der Waals surface area (Å²) in [5.74, 6) is 1.15. The van der Waals surface area contributed by atoms with Crippen molar-refractivity contribution in [3.8, 4) is 22.9 Å². The molecule has 2 aromatic rings. The van der Waals surface area contributed by atoms with Gasteiger partial charge in [-0.05, 0) is 30.2 Å². The van der Waals surface area contributed by atoms with Crippen LogP contribution in [0.3, 0.4) is 0 Å². The zero-order valence-corrected chi connectivity index (χ0v) is 12.7. The van der Waals surface area contributed by atoms with Crippen LogP contribution < -0.4 is 15.2 Å². The maximum Gasteiger partial charge on any atom is 0.351 e. The van der Waals surface area contributed by atoms with Gasteiger partial charge in [-0.15, -0.1) is 0 Å². The van der Waals surface area contributed by atoms with Crippen molar-refractivity contribution in [2.45, 2.75) is 13.0 Å². The molecule has 0 fully saturated rings. The Morgan fingerprint density at radius 3 is 2.86 bits per heavy atom. The maximum atomic E-state index is 12.0. The number of methoxy groups -OCH3 is 2. The van der Waals surface area contributed by atoms with Gasteiger partial charge in [0.1, 0.15) is 12.4 Å². The van der Waals surface area contributed by atoms with Crippen molar-refractivity contribution >= 4 is 0 Å². The van der Waals surface area contributed by atoms with E-state index in [2.05, 4.69) is 4.98 Å². The molecule has 6 nitrogen and oxygen atoms in total. The van der Waals surface area contributed by atoms with E-state index in [1.165, 1.54) is 7.11 Å². The lowest BCUT2D eigenvalue weighted by molar-refractivity contribution is 0.146. The summed E-state index contributed by atoms with van der Waals surface area (Å²) in [4.78, 5) is 15.9. The van der Waals surface area contributed by atoms with E-state index in [1.54, 1.807) is 17.7 Å². The predicted molar refractivity (Wildman–Crippen MR) is 81.6 cm³/mol. The van der Waals surface area contributed by atoms with Gasteiger partial charge in [0.05, 0.1) is 19.4 Å². The van der Waals surface area contributed by atoms with Crippen molar-refractivity contribution in [2.24, 2.45) is 0 Å². The zero-order chi connectivity index (χ0) is 15.5. The lowest BCUT2D eigenvalue weighted by Crippen LogP contribution is -2.28. The van der Waals surface area contributed by atoms with Crippen LogP contribution >= 0.6 is 0 Å². The smallest absolute Gasteiger partial charge is 0.351 e. The minimum absolute atomic E-state index is 0.277. The quantitative estimate of drug-likeness (QED) is 0.783. The van der Waals surface area contributed by atoms with Crippen LogP contribution in [0.15, 0.2) is 29.1 Å². The normalized spacial score (nSPS) is 12.5. The first-order valence-corrected chi connectivity index (χ1v) is 7.14. The van der Waals surface area contributed by atoms with E-state index in [4.69, 9.17) is 14.2 Å². The summed E-state index contributed by atoms with van der Waals surface area (Å²) in [6.45, 7) is 1.68. The number of ether oxygens (including phenoxy) is 3. The topological polar surface area (TPSA) is 62.6 Å². The van der Waals surface area contributed by atoms with Gasteiger partial charge in [0.2, 0.25) is 5.88 Å². The largest absolute Gasteiger partial charge is 0.491 e. The molecule has 3 rings (SSSR count). The van der Waals surface area contributed by atoms with Gasteiger partial charge >= 0.3 is 5.69 Å². The van der Waals surface area contributed by atoms with E-state index < -0.39 is 0 Å². The summed E-state index contributed by atoms with van der Waals surface area (Å²) in [5.41, 5.74) is 2.73. The molecule has 0 saturated heterocycles. The fourth-order valence-corrected chi connectivity index (χ4v) is 2.62. The molecule has 1 aromatic carbocycles. The lowest BCUT2D eigenvalue weighted by atomic mass is 9.97. The van der Waals surface area contributed by atoms with E-state index in [9.17, 15) is 4.79 Å². The standard InChI is InChI=1S/C16H18N2O4/c1-20-7-8-22-12-3-4-13-11(9-12)5-6-18-14(13)10-15(21-2)17-16(18)19/h3-4,9-10H,5-8H2,1-2H3. The van der Waals surface area contributed by atoms with Gasteiger partial charge in [-0.25, -0.2) is 4.79 Å². The molecule has 1 aromatic heterocycles. The first kappa shape index (κ1) is 14.6. The fraction of sp³-hybridized carbons (Fsp3) is 0.375. The van der Waals surface area contributed by atoms with Gasteiger partial charge in [-0.3, -0.25) is 4.57 Å². The predicted octanol–water partition coefficient (Wildman–Crippen LogP) is 1.50. The number of nitrogens with zero attached hydrogens (tertiary/aromatic N) is 2. The van der Waals surface area contributed by atoms with E-state index in [0.717, 1.165) is 29.0 Å². The van der Waals surface area contributed by atoms with Crippen molar-refractivity contribution < 1.29 is 14.2 Å². The third-order valence-corrected chi connectivity index (χ3v) is 3.71. The zero-order valence-electron chi connectivity index (χ0n) is 12.7. The summed E-state index contributed by atoms with van der Waals surface area (Å²) >= 11 is 0. The van der Waals surface area contributed by atoms with Crippen LogP contribution in [0.5, 0.6) is 11.6 Å². The first-order chi connectivity index (χ1) is 10.7. The van der Waals surface area contributed by atoms with E-state index in [-0.39, 0.29) is 5.69 Å². The SMILES string of the molecule is COCCOc1ccc2c(c1)CCn1c-2cc(OC)nc1=O. The highest BCUT2D eigenvalue weighted by molar-refractivity contribution is 5.67. The number of benzene rings is 1. The molecule has 0 aliphatic carbocycles. The van der Waals surface area contributed by atoms with Crippen LogP contribution in [0, 0.1) is 0 Å². The molecule has 22 heavy (non-hydrogen) atoms. The minimum atomic E-state index is -0.277. The summed E-state index contributed by atoms with van der Waals surface area (Å²) in [6.07, 6.45) is 0.776. The Kier molecular flexibility index (Phi) is 4.11. The van der Waals surface area contributed by atoms with Crippen LogP contribution in [0.4, 0.5) is 0 Å². The summed E-state index contributed by atoms with van der Waals surface area (Å²) < 4.78 is 17.4. The highest BCUT2D eigenvalue weighted by atomic mass is 16.5. The highest BCUT2D eigenvalue weighted by Gasteiger charge is 2.19. The summed E-state index contributed by atoms with van der Waals surface area (Å²) in [7, 11) is 3.15. The second kappa shape index (κ2) is 6.19. The molecular weight excluding hydrogens is 284 g/mol. The van der Waals surface area contributed by atoms with E-state index in [0.29, 0.717) is 25.6 Å². The fourth-order valence-electron chi connectivity index (χ4n) is 2.62. The molecule has 0 atom stereocenters. The molecule has 0 radical (unpaired) electrons. The van der Waals surface area contributed by atoms with Gasteiger partial charge in [0.15, 0.2) is 0 Å². The molecular formula is C16H18N2O4. The summed E-state index contributed by atoms with van der Waals surface area (Å²) in [6, 6.07) is 7.69. The van der Waals surface area contributed by atoms with Crippen LogP contribution in [0.1, 0.15) is 5.56 Å². The van der Waals surface area contributed by atoms with Crippen LogP contribution in [0.25, 0.3) is 11.3 Å². The van der Waals surface area contributed by atoms with Crippen molar-refractivity contribution in [2.75, 3.05) is 27.4 Å². The van der Waals surface area contributed by atoms with Crippen molar-refractivity contribution in [1.29, 1.82) is 0 Å². The number of hydrogen-bond acceptors (Lipinski definition) is 5. The van der Waals surface area contributed by atoms with Crippen molar-refractivity contribution in [3.05, 3.63) is 40.3 Å². The molecule has 6 heteroatoms. The maximum absolute atomic E-state index is 12.0. The number of hydrogen-bond donors (Lipinski definition) is 0. The Morgan fingerprint density at radius 1 is 1.23 bits per heavy atom. The molecule has 0 amide bonds. The molecule has 0 saturated carbocycles. The van der Waals surface area contributed by atoms with Crippen LogP contribution in [-0.4, -0.2) is 37.0 Å². The van der Waals surface area contributed by atoms with Crippen molar-refractivity contribution in [3.63, 3.8) is 0 Å². The Balaban J connectivity index is 1.97. The summed E-state index contributed by atoms with van der Waals surface area (Å²) in [5, 5.41) is 0. The minimum Gasteiger partial charge on any atom is -0.491 e. The number of fused-ring (bicyclic) bond motifs is 3. The van der Waals surface area contributed by atoms with Crippen LogP contribution in [-0.2, 0) is 17.7 Å². The van der Waals surface area contributed by atoms with E-state index >= 15 is 0 Å². The molecule has 2 heterocycles. The van der Waals surface area contributed by atoms with Gasteiger partial charge < -0.3 is 14.2 Å². The molecule has 0 bridgehead atoms. The third kappa shape index (κ3) is 2.69. The Hall–Kier alpha value is -2.34. The van der Waals surface area contributed by atoms with E-state index in [1.807, 2.05) is 18.2 Å². The number of aryl methyl sites for hydroxylation is 1. The Labute approximate surface area is 128 Å². The Bertz CT molecular complexity index is 739. The molecule has 116 valence electrons. The number of aromatic nitrogens is 2. The average molecular weight is 302 g/mol. The highest BCUT2D eigenvalue weighted by Crippen LogP contribution is 2.32. The average Bonchev–Trinajstić information content (AvgIpc) is 2.54. The molecule has 1 aliphatic rings. The third-order valence-electron chi connectivity index (χ3n) is 3.71. The molecule has 0 N–H and O–H groups in total. The molecule has 1 aliphatic heterocycles. The van der Waals surface area contributed by atoms with Gasteiger partial charge in [-0.1, -0.05) is 0 Å². The molecule has 0 unspecified atom stereocenters. The first-order valence-electron chi connectivity index (χ1n) is 7.14. The second-order valence-corrected chi connectivity index (χ2v) is 5.03. The van der Waals surface area contributed by atoms with Crippen molar-refractivity contribution in [1.82, 2.24) is 9.55 Å². The van der Waals surface area contributed by atoms with Gasteiger partial charge in [0, 0.05) is 25.3 Å². The van der Waals surface area contributed by atoms with Crippen LogP contribution in [0.2, 0.25) is 0 Å². The lowest BCUT2D eigenvalue weighted by Gasteiger charge is -2.22. The monoisotopic (exact) mass is 302 g/mol. The number of rotatable bonds is 5. The van der Waals surface area contributed by atoms with Gasteiger partial charge in [-0.2, -0.15) is 4.98 Å². The molecule has 0 spiro atoms. The Morgan fingerprint density at radius 2 is 2.09 bits per heavy atom. The second-order valence-electron chi connectivity index (χ2n) is 5.03.